The molecule has 1 saturated heterocycles. The van der Waals surface area contributed by atoms with E-state index < -0.39 is 33.0 Å². The molecule has 1 aliphatic rings. The number of benzene rings is 2. The Morgan fingerprint density at radius 3 is 2.53 bits per heavy atom. The second-order valence-electron chi connectivity index (χ2n) is 7.64. The molecule has 3 aromatic rings. The Morgan fingerprint density at radius 2 is 1.88 bits per heavy atom. The second kappa shape index (κ2) is 9.46. The molecule has 34 heavy (non-hydrogen) atoms. The Balaban J connectivity index is 1.50. The second-order valence-corrected chi connectivity index (χ2v) is 10.6. The van der Waals surface area contributed by atoms with E-state index in [4.69, 9.17) is 11.0 Å². The summed E-state index contributed by atoms with van der Waals surface area (Å²) in [4.78, 5) is 16.8. The van der Waals surface area contributed by atoms with E-state index in [9.17, 15) is 22.0 Å². The van der Waals surface area contributed by atoms with Crippen LogP contribution in [0.15, 0.2) is 47.4 Å². The van der Waals surface area contributed by atoms with Crippen LogP contribution in [0.3, 0.4) is 0 Å². The predicted octanol–water partition coefficient (Wildman–Crippen LogP) is 3.37. The number of nitrogens with two attached hydrogens (primary N) is 1. The lowest BCUT2D eigenvalue weighted by Crippen LogP contribution is -2.45. The summed E-state index contributed by atoms with van der Waals surface area (Å²) in [6.45, 7) is 0.476. The third-order valence-corrected chi connectivity index (χ3v) is 8.26. The molecule has 0 spiro atoms. The summed E-state index contributed by atoms with van der Waals surface area (Å²) in [5, 5.41) is 12.3. The Morgan fingerprint density at radius 1 is 1.21 bits per heavy atom. The van der Waals surface area contributed by atoms with Crippen LogP contribution >= 0.6 is 11.3 Å². The van der Waals surface area contributed by atoms with E-state index in [1.165, 1.54) is 28.6 Å². The van der Waals surface area contributed by atoms with E-state index in [-0.39, 0.29) is 33.3 Å². The lowest BCUT2D eigenvalue weighted by molar-refractivity contribution is 0.103. The molecule has 12 heteroatoms. The van der Waals surface area contributed by atoms with Gasteiger partial charge in [-0.2, -0.15) is 9.57 Å². The Bertz CT molecular complexity index is 1360. The number of hydrogen-bond donors (Lipinski definition) is 2. The smallest absolute Gasteiger partial charge is 0.243 e. The summed E-state index contributed by atoms with van der Waals surface area (Å²) in [5.41, 5.74) is 5.50. The monoisotopic (exact) mass is 503 g/mol. The van der Waals surface area contributed by atoms with Crippen LogP contribution in [-0.2, 0) is 10.0 Å². The summed E-state index contributed by atoms with van der Waals surface area (Å²) < 4.78 is 55.4. The number of nitrogens with zero attached hydrogens (tertiary/aromatic N) is 3. The molecule has 2 aromatic carbocycles. The normalized spacial score (nSPS) is 16.7. The fourth-order valence-electron chi connectivity index (χ4n) is 3.69. The van der Waals surface area contributed by atoms with Gasteiger partial charge in [-0.15, -0.1) is 0 Å². The maximum atomic E-state index is 14.0. The summed E-state index contributed by atoms with van der Waals surface area (Å²) in [7, 11) is -3.77. The van der Waals surface area contributed by atoms with Gasteiger partial charge in [0.25, 0.3) is 0 Å². The number of rotatable bonds is 6. The molecule has 2 heterocycles. The van der Waals surface area contributed by atoms with Gasteiger partial charge in [-0.1, -0.05) is 17.4 Å². The van der Waals surface area contributed by atoms with Crippen molar-refractivity contribution in [1.29, 1.82) is 5.26 Å². The van der Waals surface area contributed by atoms with Crippen LogP contribution in [-0.4, -0.2) is 42.6 Å². The first kappa shape index (κ1) is 23.7. The number of thiazole rings is 1. The third-order valence-electron chi connectivity index (χ3n) is 5.38. The van der Waals surface area contributed by atoms with Crippen molar-refractivity contribution in [3.63, 3.8) is 0 Å². The molecule has 1 unspecified atom stereocenters. The number of nitrogens with one attached hydrogen (secondary N) is 1. The maximum absolute atomic E-state index is 14.0. The molecule has 0 radical (unpaired) electrons. The van der Waals surface area contributed by atoms with Crippen molar-refractivity contribution < 1.29 is 22.0 Å². The zero-order valence-corrected chi connectivity index (χ0v) is 19.3. The Hall–Kier alpha value is -3.40. The van der Waals surface area contributed by atoms with Crippen molar-refractivity contribution in [3.8, 4) is 6.07 Å². The van der Waals surface area contributed by atoms with Crippen LogP contribution in [0.1, 0.15) is 33.6 Å². The van der Waals surface area contributed by atoms with Crippen LogP contribution in [0.25, 0.3) is 0 Å². The number of carbonyl (C=O) groups excluding carboxylic acids is 1. The van der Waals surface area contributed by atoms with E-state index in [1.54, 1.807) is 0 Å². The van der Waals surface area contributed by atoms with E-state index >= 15 is 0 Å². The average Bonchev–Trinajstić information content (AvgIpc) is 3.18. The molecule has 3 N–H and O–H groups in total. The number of nitrogen functional groups attached to an aromatic ring is 1. The highest BCUT2D eigenvalue weighted by atomic mass is 32.2. The molecule has 0 amide bonds. The van der Waals surface area contributed by atoms with Gasteiger partial charge < -0.3 is 11.1 Å². The van der Waals surface area contributed by atoms with Gasteiger partial charge in [0.1, 0.15) is 22.3 Å². The van der Waals surface area contributed by atoms with Gasteiger partial charge in [-0.25, -0.2) is 22.2 Å². The van der Waals surface area contributed by atoms with Crippen molar-refractivity contribution in [2.45, 2.75) is 23.8 Å². The Labute approximate surface area is 198 Å². The minimum absolute atomic E-state index is 0.0884. The van der Waals surface area contributed by atoms with Crippen molar-refractivity contribution >= 4 is 38.1 Å². The summed E-state index contributed by atoms with van der Waals surface area (Å²) in [6.07, 6.45) is 1.23. The summed E-state index contributed by atoms with van der Waals surface area (Å²) in [5.74, 6) is -3.07. The topological polar surface area (TPSA) is 129 Å². The van der Waals surface area contributed by atoms with Crippen molar-refractivity contribution in [2.24, 2.45) is 0 Å². The highest BCUT2D eigenvalue weighted by Crippen LogP contribution is 2.31. The number of ketones is 1. The summed E-state index contributed by atoms with van der Waals surface area (Å²) in [6, 6.07) is 10.4. The molecule has 0 bridgehead atoms. The quantitative estimate of drug-likeness (QED) is 0.494. The molecular weight excluding hydrogens is 484 g/mol. The lowest BCUT2D eigenvalue weighted by Gasteiger charge is -2.32. The number of anilines is 2. The number of carbonyl (C=O) groups is 1. The number of sulfonamides is 1. The molecule has 1 aromatic heterocycles. The Kier molecular flexibility index (Phi) is 6.60. The van der Waals surface area contributed by atoms with Crippen LogP contribution in [0, 0.1) is 23.0 Å². The predicted molar refractivity (Wildman–Crippen MR) is 123 cm³/mol. The zero-order chi connectivity index (χ0) is 24.5. The highest BCUT2D eigenvalue weighted by molar-refractivity contribution is 7.89. The minimum atomic E-state index is -3.77. The molecular formula is C22H19F2N5O3S2. The van der Waals surface area contributed by atoms with Gasteiger partial charge in [0.05, 0.1) is 22.1 Å². The zero-order valence-electron chi connectivity index (χ0n) is 17.7. The first-order valence-corrected chi connectivity index (χ1v) is 12.5. The number of halogens is 2. The number of aromatic nitrogens is 1. The van der Waals surface area contributed by atoms with Crippen LogP contribution in [0.2, 0.25) is 0 Å². The SMILES string of the molecule is N#Cc1ccc(S(=O)(=O)N2CCCC(Nc3nc(N)c(C(=O)c4c(F)cccc4F)s3)C2)cc1. The first-order chi connectivity index (χ1) is 16.2. The number of piperidine rings is 1. The van der Waals surface area contributed by atoms with E-state index in [2.05, 4.69) is 10.3 Å². The number of nitriles is 1. The third kappa shape index (κ3) is 4.63. The number of hydrogen-bond acceptors (Lipinski definition) is 8. The standard InChI is InChI=1S/C22H19F2N5O3S2/c23-16-4-1-5-17(24)18(16)19(30)20-21(26)28-22(33-20)27-14-3-2-10-29(12-14)34(31,32)15-8-6-13(11-25)7-9-15/h1,4-9,14H,2-3,10,12,26H2,(H,27,28). The van der Waals surface area contributed by atoms with Crippen molar-refractivity contribution in [3.05, 3.63) is 70.1 Å². The van der Waals surface area contributed by atoms with Crippen LogP contribution in [0.4, 0.5) is 19.7 Å². The molecule has 1 fully saturated rings. The fraction of sp³-hybridized carbons (Fsp3) is 0.227. The highest BCUT2D eigenvalue weighted by Gasteiger charge is 2.31. The average molecular weight is 504 g/mol. The van der Waals surface area contributed by atoms with E-state index in [0.717, 1.165) is 29.5 Å². The van der Waals surface area contributed by atoms with Gasteiger partial charge >= 0.3 is 0 Å². The summed E-state index contributed by atoms with van der Waals surface area (Å²) >= 11 is 0.854. The minimum Gasteiger partial charge on any atom is -0.382 e. The van der Waals surface area contributed by atoms with Gasteiger partial charge in [0.2, 0.25) is 15.8 Å². The van der Waals surface area contributed by atoms with Crippen molar-refractivity contribution in [1.82, 2.24) is 9.29 Å². The van der Waals surface area contributed by atoms with Crippen LogP contribution < -0.4 is 11.1 Å². The van der Waals surface area contributed by atoms with Gasteiger partial charge in [0, 0.05) is 19.1 Å². The molecule has 1 atom stereocenters. The first-order valence-electron chi connectivity index (χ1n) is 10.2. The van der Waals surface area contributed by atoms with Gasteiger partial charge in [-0.05, 0) is 49.2 Å². The van der Waals surface area contributed by atoms with Crippen LogP contribution in [0.5, 0.6) is 0 Å². The van der Waals surface area contributed by atoms with E-state index in [1.807, 2.05) is 6.07 Å². The molecule has 0 saturated carbocycles. The van der Waals surface area contributed by atoms with E-state index in [0.29, 0.717) is 24.9 Å². The molecule has 176 valence electrons. The van der Waals surface area contributed by atoms with Gasteiger partial charge in [-0.3, -0.25) is 4.79 Å². The molecule has 8 nitrogen and oxygen atoms in total. The van der Waals surface area contributed by atoms with Gasteiger partial charge in [0.15, 0.2) is 5.13 Å². The largest absolute Gasteiger partial charge is 0.382 e. The molecule has 4 rings (SSSR count). The molecule has 0 aliphatic carbocycles. The molecule has 1 aliphatic heterocycles. The lowest BCUT2D eigenvalue weighted by atomic mass is 10.1. The maximum Gasteiger partial charge on any atom is 0.243 e. The fourth-order valence-corrected chi connectivity index (χ4v) is 6.12. The van der Waals surface area contributed by atoms with Crippen molar-refractivity contribution in [2.75, 3.05) is 24.1 Å².